The van der Waals surface area contributed by atoms with Gasteiger partial charge in [0.1, 0.15) is 6.67 Å². The number of esters is 1. The molecule has 12 heavy (non-hydrogen) atoms. The van der Waals surface area contributed by atoms with Gasteiger partial charge < -0.3 is 4.74 Å². The van der Waals surface area contributed by atoms with E-state index in [4.69, 9.17) is 0 Å². The first-order valence-corrected chi connectivity index (χ1v) is 3.94. The fraction of sp³-hybridized carbons (Fsp3) is 0.750. The molecule has 0 unspecified atom stereocenters. The summed E-state index contributed by atoms with van der Waals surface area (Å²) < 4.78 is 16.2. The Morgan fingerprint density at radius 1 is 1.33 bits per heavy atom. The third-order valence-electron chi connectivity index (χ3n) is 1.25. The molecule has 4 heteroatoms. The largest absolute Gasteiger partial charge is 0.465 e. The van der Waals surface area contributed by atoms with Crippen LogP contribution in [0.15, 0.2) is 0 Å². The molecule has 3 nitrogen and oxygen atoms in total. The second-order valence-corrected chi connectivity index (χ2v) is 2.39. The minimum absolute atomic E-state index is 0.00157. The van der Waals surface area contributed by atoms with Gasteiger partial charge in [-0.25, -0.2) is 4.39 Å². The number of ketones is 1. The third kappa shape index (κ3) is 5.82. The summed E-state index contributed by atoms with van der Waals surface area (Å²) in [5, 5.41) is 0. The van der Waals surface area contributed by atoms with Crippen LogP contribution < -0.4 is 0 Å². The highest BCUT2D eigenvalue weighted by Gasteiger charge is 2.03. The van der Waals surface area contributed by atoms with Crippen molar-refractivity contribution in [2.45, 2.75) is 26.2 Å². The summed E-state index contributed by atoms with van der Waals surface area (Å²) in [4.78, 5) is 21.1. The van der Waals surface area contributed by atoms with Crippen molar-refractivity contribution in [3.8, 4) is 0 Å². The molecule has 0 bridgehead atoms. The van der Waals surface area contributed by atoms with Crippen LogP contribution in [0.25, 0.3) is 0 Å². The number of carbonyl (C=O) groups is 2. The quantitative estimate of drug-likeness (QED) is 0.572. The van der Waals surface area contributed by atoms with Crippen LogP contribution in [0.5, 0.6) is 0 Å². The minimum atomic E-state index is -0.981. The van der Waals surface area contributed by atoms with Crippen LogP contribution in [0.1, 0.15) is 26.2 Å². The molecule has 0 saturated carbocycles. The molecule has 0 aromatic rings. The second-order valence-electron chi connectivity index (χ2n) is 2.39. The molecule has 70 valence electrons. The van der Waals surface area contributed by atoms with Gasteiger partial charge in [0.25, 0.3) is 0 Å². The standard InChI is InChI=1S/C8H13FO3/c1-2-3-8(11)12-5-4-7(10)6-9/h2-6H2,1H3. The molecule has 0 spiro atoms. The molecule has 0 heterocycles. The fourth-order valence-electron chi connectivity index (χ4n) is 0.622. The highest BCUT2D eigenvalue weighted by atomic mass is 19.1. The maximum Gasteiger partial charge on any atom is 0.305 e. The Labute approximate surface area is 70.9 Å². The van der Waals surface area contributed by atoms with Crippen LogP contribution in [0.2, 0.25) is 0 Å². The number of halogens is 1. The summed E-state index contributed by atoms with van der Waals surface area (Å²) in [6.07, 6.45) is 1.05. The number of Topliss-reactive ketones (excluding diaryl/α,β-unsaturated/α-hetero) is 1. The first-order valence-electron chi connectivity index (χ1n) is 3.94. The number of ether oxygens (including phenoxy) is 1. The Bertz CT molecular complexity index is 156. The normalized spacial score (nSPS) is 9.50. The lowest BCUT2D eigenvalue weighted by molar-refractivity contribution is -0.144. The van der Waals surface area contributed by atoms with Crippen molar-refractivity contribution in [2.75, 3.05) is 13.3 Å². The minimum Gasteiger partial charge on any atom is -0.465 e. The van der Waals surface area contributed by atoms with E-state index in [1.165, 1.54) is 0 Å². The first kappa shape index (κ1) is 11.1. The average molecular weight is 176 g/mol. The lowest BCUT2D eigenvalue weighted by Gasteiger charge is -2.01. The van der Waals surface area contributed by atoms with Crippen molar-refractivity contribution in [2.24, 2.45) is 0 Å². The van der Waals surface area contributed by atoms with E-state index in [9.17, 15) is 14.0 Å². The zero-order valence-electron chi connectivity index (χ0n) is 7.14. The van der Waals surface area contributed by atoms with Gasteiger partial charge in [0.05, 0.1) is 6.61 Å². The molecule has 0 radical (unpaired) electrons. The molecule has 0 N–H and O–H groups in total. The van der Waals surface area contributed by atoms with Gasteiger partial charge in [0.15, 0.2) is 5.78 Å². The monoisotopic (exact) mass is 176 g/mol. The molecule has 0 aliphatic heterocycles. The molecule has 0 fully saturated rings. The van der Waals surface area contributed by atoms with Crippen LogP contribution in [0.4, 0.5) is 4.39 Å². The molecular formula is C8H13FO3. The Morgan fingerprint density at radius 2 is 2.00 bits per heavy atom. The Hall–Kier alpha value is -0.930. The van der Waals surface area contributed by atoms with Crippen molar-refractivity contribution >= 4 is 11.8 Å². The molecule has 0 rings (SSSR count). The molecule has 0 amide bonds. The van der Waals surface area contributed by atoms with Crippen molar-refractivity contribution in [3.63, 3.8) is 0 Å². The summed E-state index contributed by atoms with van der Waals surface area (Å²) in [7, 11) is 0. The van der Waals surface area contributed by atoms with Gasteiger partial charge in [-0.3, -0.25) is 9.59 Å². The molecule has 0 aromatic carbocycles. The van der Waals surface area contributed by atoms with Crippen molar-refractivity contribution in [1.82, 2.24) is 0 Å². The van der Waals surface area contributed by atoms with Gasteiger partial charge >= 0.3 is 5.97 Å². The van der Waals surface area contributed by atoms with Gasteiger partial charge in [0, 0.05) is 12.8 Å². The van der Waals surface area contributed by atoms with E-state index in [2.05, 4.69) is 4.74 Å². The van der Waals surface area contributed by atoms with Gasteiger partial charge in [-0.15, -0.1) is 0 Å². The van der Waals surface area contributed by atoms with Crippen LogP contribution in [-0.4, -0.2) is 25.0 Å². The first-order chi connectivity index (χ1) is 5.70. The number of rotatable bonds is 6. The van der Waals surface area contributed by atoms with Crippen molar-refractivity contribution in [3.05, 3.63) is 0 Å². The number of hydrogen-bond donors (Lipinski definition) is 0. The SMILES string of the molecule is CCCC(=O)OCCC(=O)CF. The van der Waals surface area contributed by atoms with E-state index in [0.717, 1.165) is 6.42 Å². The maximum absolute atomic E-state index is 11.6. The zero-order chi connectivity index (χ0) is 9.40. The second kappa shape index (κ2) is 6.76. The fourth-order valence-corrected chi connectivity index (χ4v) is 0.622. The van der Waals surface area contributed by atoms with Gasteiger partial charge in [-0.05, 0) is 6.42 Å². The summed E-state index contributed by atoms with van der Waals surface area (Å²) in [5.41, 5.74) is 0. The van der Waals surface area contributed by atoms with Crippen LogP contribution >= 0.6 is 0 Å². The molecule has 0 aliphatic rings. The number of alkyl halides is 1. The van der Waals surface area contributed by atoms with E-state index >= 15 is 0 Å². The summed E-state index contributed by atoms with van der Waals surface area (Å²) in [6, 6.07) is 0. The zero-order valence-corrected chi connectivity index (χ0v) is 7.14. The summed E-state index contributed by atoms with van der Waals surface area (Å²) in [5.74, 6) is -0.858. The van der Waals surface area contributed by atoms with Crippen molar-refractivity contribution in [1.29, 1.82) is 0 Å². The van der Waals surface area contributed by atoms with Gasteiger partial charge in [-0.2, -0.15) is 0 Å². The lowest BCUT2D eigenvalue weighted by atomic mass is 10.3. The van der Waals surface area contributed by atoms with Crippen LogP contribution in [-0.2, 0) is 14.3 Å². The lowest BCUT2D eigenvalue weighted by Crippen LogP contribution is -2.10. The van der Waals surface area contributed by atoms with Crippen LogP contribution in [0, 0.1) is 0 Å². The number of carbonyl (C=O) groups excluding carboxylic acids is 2. The van der Waals surface area contributed by atoms with E-state index in [1.54, 1.807) is 0 Å². The molecule has 0 saturated heterocycles. The highest BCUT2D eigenvalue weighted by molar-refractivity contribution is 5.79. The maximum atomic E-state index is 11.6. The molecule has 0 aromatic heterocycles. The Balaban J connectivity index is 3.30. The summed E-state index contributed by atoms with van der Waals surface area (Å²) in [6.45, 7) is 0.876. The van der Waals surface area contributed by atoms with Crippen molar-refractivity contribution < 1.29 is 18.7 Å². The van der Waals surface area contributed by atoms with E-state index < -0.39 is 12.5 Å². The molecule has 0 atom stereocenters. The molecular weight excluding hydrogens is 163 g/mol. The van der Waals surface area contributed by atoms with E-state index in [-0.39, 0.29) is 19.0 Å². The van der Waals surface area contributed by atoms with E-state index in [0.29, 0.717) is 6.42 Å². The predicted molar refractivity (Wildman–Crippen MR) is 41.5 cm³/mol. The summed E-state index contributed by atoms with van der Waals surface area (Å²) >= 11 is 0. The molecule has 0 aliphatic carbocycles. The average Bonchev–Trinajstić information content (AvgIpc) is 2.04. The van der Waals surface area contributed by atoms with Gasteiger partial charge in [0.2, 0.25) is 0 Å². The predicted octanol–water partition coefficient (Wildman–Crippen LogP) is 1.26. The Morgan fingerprint density at radius 3 is 2.50 bits per heavy atom. The third-order valence-corrected chi connectivity index (χ3v) is 1.25. The van der Waals surface area contributed by atoms with E-state index in [1.807, 2.05) is 6.92 Å². The van der Waals surface area contributed by atoms with Crippen LogP contribution in [0.3, 0.4) is 0 Å². The number of hydrogen-bond acceptors (Lipinski definition) is 3. The Kier molecular flexibility index (Phi) is 6.24. The van der Waals surface area contributed by atoms with Gasteiger partial charge in [-0.1, -0.05) is 6.92 Å². The highest BCUT2D eigenvalue weighted by Crippen LogP contribution is 1.93. The topological polar surface area (TPSA) is 43.4 Å². The smallest absolute Gasteiger partial charge is 0.305 e.